The normalized spacial score (nSPS) is 52.8. The van der Waals surface area contributed by atoms with Crippen LogP contribution in [0.15, 0.2) is 0 Å². The van der Waals surface area contributed by atoms with Crippen LogP contribution in [0.25, 0.3) is 0 Å². The van der Waals surface area contributed by atoms with Crippen molar-refractivity contribution in [3.63, 3.8) is 0 Å². The molecule has 0 aromatic heterocycles. The Labute approximate surface area is 80.7 Å². The standard InChI is InChI=1S/C11H21NO/c1-10(2)7-5-6-11(10,3)9(12-4)8(7)13/h7-9,12-13H,5-6H2,1-4H3/t7-,8-,9-,11+/m0/s1. The number of rotatable bonds is 1. The maximum atomic E-state index is 10.1. The second-order valence-electron chi connectivity index (χ2n) is 5.54. The van der Waals surface area contributed by atoms with Gasteiger partial charge in [0, 0.05) is 6.04 Å². The maximum Gasteiger partial charge on any atom is 0.0732 e. The Kier molecular flexibility index (Phi) is 1.81. The molecular weight excluding hydrogens is 162 g/mol. The smallest absolute Gasteiger partial charge is 0.0732 e. The fourth-order valence-corrected chi connectivity index (χ4v) is 3.81. The second-order valence-corrected chi connectivity index (χ2v) is 5.54. The fourth-order valence-electron chi connectivity index (χ4n) is 3.81. The van der Waals surface area contributed by atoms with Gasteiger partial charge in [0.1, 0.15) is 0 Å². The summed E-state index contributed by atoms with van der Waals surface area (Å²) in [7, 11) is 1.97. The highest BCUT2D eigenvalue weighted by atomic mass is 16.3. The number of aliphatic hydroxyl groups excluding tert-OH is 1. The zero-order valence-electron chi connectivity index (χ0n) is 9.09. The van der Waals surface area contributed by atoms with Gasteiger partial charge in [-0.15, -0.1) is 0 Å². The molecule has 2 fully saturated rings. The Hall–Kier alpha value is -0.0800. The van der Waals surface area contributed by atoms with Crippen molar-refractivity contribution in [1.82, 2.24) is 5.32 Å². The van der Waals surface area contributed by atoms with E-state index < -0.39 is 0 Å². The van der Waals surface area contributed by atoms with Crippen LogP contribution in [0.3, 0.4) is 0 Å². The Balaban J connectivity index is 2.40. The lowest BCUT2D eigenvalue weighted by atomic mass is 9.69. The Morgan fingerprint density at radius 3 is 2.23 bits per heavy atom. The number of fused-ring (bicyclic) bond motifs is 2. The number of aliphatic hydroxyl groups is 1. The number of likely N-dealkylation sites (N-methyl/N-ethyl adjacent to an activating group) is 1. The van der Waals surface area contributed by atoms with Gasteiger partial charge in [-0.05, 0) is 36.6 Å². The summed E-state index contributed by atoms with van der Waals surface area (Å²) in [4.78, 5) is 0. The van der Waals surface area contributed by atoms with Crippen molar-refractivity contribution in [3.8, 4) is 0 Å². The molecule has 2 N–H and O–H groups in total. The molecule has 2 aliphatic carbocycles. The molecule has 2 rings (SSSR count). The van der Waals surface area contributed by atoms with E-state index >= 15 is 0 Å². The molecule has 2 bridgehead atoms. The predicted octanol–water partition coefficient (Wildman–Crippen LogP) is 1.39. The van der Waals surface area contributed by atoms with Crippen LogP contribution in [0.4, 0.5) is 0 Å². The van der Waals surface area contributed by atoms with Gasteiger partial charge in [0.25, 0.3) is 0 Å². The van der Waals surface area contributed by atoms with E-state index in [9.17, 15) is 5.11 Å². The molecule has 13 heavy (non-hydrogen) atoms. The Morgan fingerprint density at radius 1 is 1.31 bits per heavy atom. The molecule has 2 saturated carbocycles. The van der Waals surface area contributed by atoms with Crippen LogP contribution < -0.4 is 5.32 Å². The number of hydrogen-bond donors (Lipinski definition) is 2. The molecule has 0 saturated heterocycles. The minimum absolute atomic E-state index is 0.140. The van der Waals surface area contributed by atoms with E-state index in [-0.39, 0.29) is 11.5 Å². The maximum absolute atomic E-state index is 10.1. The van der Waals surface area contributed by atoms with Gasteiger partial charge in [-0.1, -0.05) is 20.8 Å². The first-order chi connectivity index (χ1) is 5.95. The molecule has 0 aromatic carbocycles. The minimum Gasteiger partial charge on any atom is -0.391 e. The molecule has 0 amide bonds. The highest BCUT2D eigenvalue weighted by Crippen LogP contribution is 2.65. The highest BCUT2D eigenvalue weighted by molar-refractivity contribution is 5.17. The Morgan fingerprint density at radius 2 is 1.92 bits per heavy atom. The lowest BCUT2D eigenvalue weighted by Gasteiger charge is -2.39. The molecular formula is C11H21NO. The molecule has 0 aromatic rings. The summed E-state index contributed by atoms with van der Waals surface area (Å²) in [6, 6.07) is 0.293. The van der Waals surface area contributed by atoms with Gasteiger partial charge in [-0.25, -0.2) is 0 Å². The summed E-state index contributed by atoms with van der Waals surface area (Å²) in [6.45, 7) is 6.95. The van der Waals surface area contributed by atoms with Gasteiger partial charge >= 0.3 is 0 Å². The van der Waals surface area contributed by atoms with Crippen LogP contribution in [0.2, 0.25) is 0 Å². The molecule has 2 aliphatic rings. The fraction of sp³-hybridized carbons (Fsp3) is 1.00. The molecule has 0 unspecified atom stereocenters. The van der Waals surface area contributed by atoms with E-state index in [1.807, 2.05) is 7.05 Å². The van der Waals surface area contributed by atoms with Crippen molar-refractivity contribution >= 4 is 0 Å². The van der Waals surface area contributed by atoms with Gasteiger partial charge < -0.3 is 10.4 Å². The van der Waals surface area contributed by atoms with Crippen LogP contribution in [0, 0.1) is 16.7 Å². The van der Waals surface area contributed by atoms with E-state index in [1.54, 1.807) is 0 Å². The van der Waals surface area contributed by atoms with Crippen LogP contribution >= 0.6 is 0 Å². The SMILES string of the molecule is CN[C@H]1[C@@H](O)[C@@H]2CC[C@@]1(C)C2(C)C. The van der Waals surface area contributed by atoms with E-state index in [4.69, 9.17) is 0 Å². The summed E-state index contributed by atoms with van der Waals surface area (Å²) >= 11 is 0. The zero-order chi connectivity index (χ0) is 9.85. The largest absolute Gasteiger partial charge is 0.391 e. The third-order valence-electron chi connectivity index (χ3n) is 5.12. The molecule has 2 nitrogen and oxygen atoms in total. The monoisotopic (exact) mass is 183 g/mol. The van der Waals surface area contributed by atoms with E-state index in [0.717, 1.165) is 0 Å². The first-order valence-corrected chi connectivity index (χ1v) is 5.30. The van der Waals surface area contributed by atoms with Gasteiger partial charge in [0.05, 0.1) is 6.10 Å². The lowest BCUT2D eigenvalue weighted by Crippen LogP contribution is -2.48. The van der Waals surface area contributed by atoms with Crippen LogP contribution in [-0.2, 0) is 0 Å². The summed E-state index contributed by atoms with van der Waals surface area (Å²) in [5.74, 6) is 0.495. The summed E-state index contributed by atoms with van der Waals surface area (Å²) in [5.41, 5.74) is 0.575. The van der Waals surface area contributed by atoms with E-state index in [1.165, 1.54) is 12.8 Å². The van der Waals surface area contributed by atoms with Crippen molar-refractivity contribution in [2.24, 2.45) is 16.7 Å². The van der Waals surface area contributed by atoms with Crippen molar-refractivity contribution in [1.29, 1.82) is 0 Å². The van der Waals surface area contributed by atoms with Crippen molar-refractivity contribution < 1.29 is 5.11 Å². The van der Waals surface area contributed by atoms with Crippen molar-refractivity contribution in [3.05, 3.63) is 0 Å². The van der Waals surface area contributed by atoms with Crippen LogP contribution in [0.5, 0.6) is 0 Å². The molecule has 0 heterocycles. The molecule has 0 spiro atoms. The first-order valence-electron chi connectivity index (χ1n) is 5.30. The third-order valence-corrected chi connectivity index (χ3v) is 5.12. The quantitative estimate of drug-likeness (QED) is 0.644. The zero-order valence-corrected chi connectivity index (χ0v) is 9.09. The highest BCUT2D eigenvalue weighted by Gasteiger charge is 2.65. The van der Waals surface area contributed by atoms with E-state index in [2.05, 4.69) is 26.1 Å². The van der Waals surface area contributed by atoms with Gasteiger partial charge in [-0.3, -0.25) is 0 Å². The molecule has 4 atom stereocenters. The van der Waals surface area contributed by atoms with Crippen LogP contribution in [0.1, 0.15) is 33.6 Å². The third kappa shape index (κ3) is 0.861. The van der Waals surface area contributed by atoms with Crippen LogP contribution in [-0.4, -0.2) is 24.3 Å². The van der Waals surface area contributed by atoms with Crippen molar-refractivity contribution in [2.45, 2.75) is 45.8 Å². The molecule has 0 radical (unpaired) electrons. The van der Waals surface area contributed by atoms with Gasteiger partial charge in [-0.2, -0.15) is 0 Å². The molecule has 76 valence electrons. The number of nitrogens with one attached hydrogen (secondary N) is 1. The topological polar surface area (TPSA) is 32.3 Å². The predicted molar refractivity (Wildman–Crippen MR) is 53.5 cm³/mol. The molecule has 0 aliphatic heterocycles. The first kappa shape index (κ1) is 9.47. The second kappa shape index (κ2) is 2.48. The summed E-state index contributed by atoms with van der Waals surface area (Å²) < 4.78 is 0. The lowest BCUT2D eigenvalue weighted by molar-refractivity contribution is 0.0618. The average Bonchev–Trinajstić information content (AvgIpc) is 2.32. The van der Waals surface area contributed by atoms with Gasteiger partial charge in [0.15, 0.2) is 0 Å². The van der Waals surface area contributed by atoms with E-state index in [0.29, 0.717) is 17.4 Å². The molecule has 2 heteroatoms. The average molecular weight is 183 g/mol. The number of hydrogen-bond acceptors (Lipinski definition) is 2. The van der Waals surface area contributed by atoms with Crippen molar-refractivity contribution in [2.75, 3.05) is 7.05 Å². The summed E-state index contributed by atoms with van der Waals surface area (Å²) in [6.07, 6.45) is 2.31. The summed E-state index contributed by atoms with van der Waals surface area (Å²) in [5, 5.41) is 13.4. The minimum atomic E-state index is -0.140. The Bertz CT molecular complexity index is 226. The van der Waals surface area contributed by atoms with Gasteiger partial charge in [0.2, 0.25) is 0 Å².